The molecule has 0 heterocycles. The van der Waals surface area contributed by atoms with Gasteiger partial charge in [-0.15, -0.1) is 0 Å². The highest BCUT2D eigenvalue weighted by Gasteiger charge is 2.32. The van der Waals surface area contributed by atoms with Gasteiger partial charge < -0.3 is 82.1 Å². The fraction of sp³-hybridized carbons (Fsp3) is 0.561. The summed E-state index contributed by atoms with van der Waals surface area (Å²) in [6, 6.07) is -4.40. The van der Waals surface area contributed by atoms with E-state index < -0.39 is 132 Å². The van der Waals surface area contributed by atoms with Gasteiger partial charge in [-0.05, 0) is 74.9 Å². The smallest absolute Gasteiger partial charge is 0.252 e. The average molecular weight is 895 g/mol. The zero-order chi connectivity index (χ0) is 47.9. The van der Waals surface area contributed by atoms with Crippen molar-refractivity contribution in [3.63, 3.8) is 0 Å². The lowest BCUT2D eigenvalue weighted by Gasteiger charge is -2.31. The molecule has 2 atom stereocenters. The van der Waals surface area contributed by atoms with Crippen LogP contribution in [0.3, 0.4) is 0 Å². The number of rotatable bonds is 26. The Morgan fingerprint density at radius 3 is 0.810 bits per heavy atom. The molecule has 14 N–H and O–H groups in total. The molecule has 63 heavy (non-hydrogen) atoms. The molecule has 0 saturated heterocycles. The van der Waals surface area contributed by atoms with Crippen LogP contribution in [0.25, 0.3) is 0 Å². The Kier molecular flexibility index (Phi) is 21.6. The van der Waals surface area contributed by atoms with Crippen molar-refractivity contribution in [1.29, 1.82) is 0 Å². The third kappa shape index (κ3) is 13.0. The SMILES string of the molecule is Cc1c(C(=O)NC(CO)CO)c(C)c(N(C=O)CC(O)CC(O)CN(C=O)c2c(C)c(C(=O)NC(CO)CO)c(C)c(C(=O)NC(CO)CO)c2C)c(C)c1C(=O)NC(CO)CO. The van der Waals surface area contributed by atoms with Crippen LogP contribution in [-0.4, -0.2) is 190 Å². The molecule has 0 fully saturated rings. The summed E-state index contributed by atoms with van der Waals surface area (Å²) in [6.07, 6.45) is -2.99. The summed E-state index contributed by atoms with van der Waals surface area (Å²) < 4.78 is 0. The Balaban J connectivity index is 2.65. The Morgan fingerprint density at radius 2 is 0.635 bits per heavy atom. The molecule has 6 amide bonds. The van der Waals surface area contributed by atoms with Crippen molar-refractivity contribution in [2.45, 2.75) is 84.3 Å². The molecule has 0 bridgehead atoms. The van der Waals surface area contributed by atoms with E-state index in [1.54, 1.807) is 0 Å². The summed E-state index contributed by atoms with van der Waals surface area (Å²) >= 11 is 0. The molecular formula is C41H62N6O16. The number of hydrogen-bond donors (Lipinski definition) is 14. The van der Waals surface area contributed by atoms with Crippen molar-refractivity contribution in [1.82, 2.24) is 21.3 Å². The summed E-state index contributed by atoms with van der Waals surface area (Å²) in [4.78, 5) is 81.9. The highest BCUT2D eigenvalue weighted by molar-refractivity contribution is 6.08. The van der Waals surface area contributed by atoms with E-state index in [0.29, 0.717) is 12.8 Å². The number of hydrogen-bond acceptors (Lipinski definition) is 16. The first-order valence-electron chi connectivity index (χ1n) is 20.0. The molecule has 0 aromatic heterocycles. The van der Waals surface area contributed by atoms with Crippen molar-refractivity contribution >= 4 is 47.8 Å². The van der Waals surface area contributed by atoms with Gasteiger partial charge >= 0.3 is 0 Å². The van der Waals surface area contributed by atoms with E-state index in [9.17, 15) is 79.8 Å². The summed E-state index contributed by atoms with van der Waals surface area (Å²) in [5.74, 6) is -3.35. The van der Waals surface area contributed by atoms with Crippen LogP contribution >= 0.6 is 0 Å². The van der Waals surface area contributed by atoms with Crippen LogP contribution in [0, 0.1) is 41.5 Å². The molecule has 0 aliphatic rings. The van der Waals surface area contributed by atoms with Crippen molar-refractivity contribution in [2.24, 2.45) is 0 Å². The predicted octanol–water partition coefficient (Wildman–Crippen LogP) is -4.39. The quantitative estimate of drug-likeness (QED) is 0.0397. The second kappa shape index (κ2) is 25.2. The monoisotopic (exact) mass is 894 g/mol. The fourth-order valence-electron chi connectivity index (χ4n) is 7.55. The number of nitrogens with one attached hydrogen (secondary N) is 4. The molecule has 0 aliphatic heterocycles. The number of amides is 6. The number of aliphatic hydroxyl groups excluding tert-OH is 10. The predicted molar refractivity (Wildman–Crippen MR) is 226 cm³/mol. The minimum atomic E-state index is -1.56. The Bertz CT molecular complexity index is 1690. The van der Waals surface area contributed by atoms with E-state index in [1.165, 1.54) is 41.5 Å². The number of nitrogens with zero attached hydrogens (tertiary/aromatic N) is 2. The van der Waals surface area contributed by atoms with Gasteiger partial charge in [-0.1, -0.05) is 0 Å². The zero-order valence-electron chi connectivity index (χ0n) is 36.2. The number of benzene rings is 2. The topological polar surface area (TPSA) is 359 Å². The molecule has 352 valence electrons. The molecule has 22 heteroatoms. The van der Waals surface area contributed by atoms with Gasteiger partial charge in [-0.3, -0.25) is 28.8 Å². The average Bonchev–Trinajstić information content (AvgIpc) is 3.24. The second-order valence-electron chi connectivity index (χ2n) is 15.1. The minimum absolute atomic E-state index is 0.0140. The summed E-state index contributed by atoms with van der Waals surface area (Å²) in [5, 5.41) is 109. The lowest BCUT2D eigenvalue weighted by Crippen LogP contribution is -2.43. The first-order valence-corrected chi connectivity index (χ1v) is 20.0. The third-order valence-corrected chi connectivity index (χ3v) is 10.6. The van der Waals surface area contributed by atoms with Gasteiger partial charge in [0.2, 0.25) is 12.8 Å². The van der Waals surface area contributed by atoms with E-state index >= 15 is 0 Å². The fourth-order valence-corrected chi connectivity index (χ4v) is 7.55. The maximum Gasteiger partial charge on any atom is 0.252 e. The summed E-state index contributed by atoms with van der Waals surface area (Å²) in [6.45, 7) is 2.49. The first-order chi connectivity index (χ1) is 29.8. The molecule has 0 saturated carbocycles. The maximum absolute atomic E-state index is 13.6. The highest BCUT2D eigenvalue weighted by atomic mass is 16.3. The largest absolute Gasteiger partial charge is 0.394 e. The molecular weight excluding hydrogens is 832 g/mol. The third-order valence-electron chi connectivity index (χ3n) is 10.6. The van der Waals surface area contributed by atoms with E-state index in [-0.39, 0.29) is 67.0 Å². The zero-order valence-corrected chi connectivity index (χ0v) is 36.2. The van der Waals surface area contributed by atoms with Crippen LogP contribution in [-0.2, 0) is 9.59 Å². The number of aliphatic hydroxyl groups is 10. The normalized spacial score (nSPS) is 12.4. The summed E-state index contributed by atoms with van der Waals surface area (Å²) in [7, 11) is 0. The van der Waals surface area contributed by atoms with Crippen molar-refractivity contribution in [3.8, 4) is 0 Å². The summed E-state index contributed by atoms with van der Waals surface area (Å²) in [5.41, 5.74) is 0.228. The molecule has 0 aliphatic carbocycles. The van der Waals surface area contributed by atoms with Gasteiger partial charge in [0.15, 0.2) is 0 Å². The molecule has 2 aromatic carbocycles. The second-order valence-corrected chi connectivity index (χ2v) is 15.1. The molecule has 2 unspecified atom stereocenters. The lowest BCUT2D eigenvalue weighted by molar-refractivity contribution is -0.108. The number of anilines is 2. The maximum atomic E-state index is 13.6. The van der Waals surface area contributed by atoms with E-state index in [0.717, 1.165) is 9.80 Å². The Hall–Kier alpha value is -5.14. The number of carbonyl (C=O) groups is 6. The molecule has 2 rings (SSSR count). The van der Waals surface area contributed by atoms with Crippen molar-refractivity contribution in [2.75, 3.05) is 75.7 Å². The van der Waals surface area contributed by atoms with E-state index in [1.807, 2.05) is 0 Å². The van der Waals surface area contributed by atoms with Gasteiger partial charge in [0.25, 0.3) is 23.6 Å². The Morgan fingerprint density at radius 1 is 0.429 bits per heavy atom. The standard InChI is InChI=1S/C41H62N6O16/c1-20-32(38(60)42-26(10-48)11-49)22(3)36(23(4)33(20)39(61)43-27(12-50)13-51)46(18-56)8-30(58)7-31(59)9-47(19-57)37-24(5)34(40(62)44-28(14-52)15-53)21(2)35(25(37)6)41(63)45-29(16-54)17-55/h18-19,26-31,48-55,58-59H,7-17H2,1-6H3,(H,42,60)(H,43,61)(H,44,62)(H,45,63). The van der Waals surface area contributed by atoms with Gasteiger partial charge in [-0.25, -0.2) is 0 Å². The van der Waals surface area contributed by atoms with Crippen LogP contribution in [0.2, 0.25) is 0 Å². The molecule has 22 nitrogen and oxygen atoms in total. The number of carbonyl (C=O) groups excluding carboxylic acids is 6. The van der Waals surface area contributed by atoms with E-state index in [4.69, 9.17) is 0 Å². The van der Waals surface area contributed by atoms with Gasteiger partial charge in [0, 0.05) is 28.7 Å². The van der Waals surface area contributed by atoms with Crippen molar-refractivity contribution < 1.29 is 79.8 Å². The van der Waals surface area contributed by atoms with E-state index in [2.05, 4.69) is 21.3 Å². The van der Waals surface area contributed by atoms with Crippen LogP contribution < -0.4 is 31.1 Å². The van der Waals surface area contributed by atoms with Crippen molar-refractivity contribution in [3.05, 3.63) is 55.6 Å². The van der Waals surface area contributed by atoms with Gasteiger partial charge in [0.05, 0.1) is 114 Å². The van der Waals surface area contributed by atoms with Gasteiger partial charge in [0.1, 0.15) is 0 Å². The lowest BCUT2D eigenvalue weighted by atomic mass is 9.89. The van der Waals surface area contributed by atoms with Gasteiger partial charge in [-0.2, -0.15) is 0 Å². The molecule has 0 radical (unpaired) electrons. The molecule has 2 aromatic rings. The van der Waals surface area contributed by atoms with Crippen LogP contribution in [0.15, 0.2) is 0 Å². The Labute approximate surface area is 364 Å². The first kappa shape index (κ1) is 54.0. The minimum Gasteiger partial charge on any atom is -0.394 e. The van der Waals surface area contributed by atoms with Crippen LogP contribution in [0.5, 0.6) is 0 Å². The van der Waals surface area contributed by atoms with Crippen LogP contribution in [0.1, 0.15) is 81.2 Å². The highest BCUT2D eigenvalue weighted by Crippen LogP contribution is 2.36. The molecule has 0 spiro atoms. The van der Waals surface area contributed by atoms with Crippen LogP contribution in [0.4, 0.5) is 11.4 Å².